The molecular formula is C44H32N2S. The molecule has 10 aromatic rings. The second-order valence-electron chi connectivity index (χ2n) is 11.5. The van der Waals surface area contributed by atoms with Crippen LogP contribution >= 0.6 is 11.3 Å². The van der Waals surface area contributed by atoms with Gasteiger partial charge in [-0.2, -0.15) is 0 Å². The lowest BCUT2D eigenvalue weighted by Crippen LogP contribution is -1.79. The minimum absolute atomic E-state index is 1.17. The van der Waals surface area contributed by atoms with Gasteiger partial charge in [-0.05, 0) is 64.7 Å². The van der Waals surface area contributed by atoms with Crippen LogP contribution in [0.3, 0.4) is 0 Å². The number of aromatic nitrogens is 2. The molecule has 0 atom stereocenters. The highest BCUT2D eigenvalue weighted by Gasteiger charge is 2.13. The van der Waals surface area contributed by atoms with Crippen molar-refractivity contribution in [2.75, 3.05) is 0 Å². The molecule has 2 N–H and O–H groups in total. The third-order valence-corrected chi connectivity index (χ3v) is 9.70. The molecule has 0 saturated carbocycles. The standard InChI is InChI=1S/C32H20N2S.2C6H6/c1-2-6-19(7-3-1)20-10-13-27-24(16-20)25-17-21(11-14-28(25)33-27)22-12-15-29-26(18-22)32-31(34-29)23-8-4-5-9-30(23)35-32;2*1-2-4-6-5-3-1/h1-18,33-34H;2*1-6H. The largest absolute Gasteiger partial charge is 0.355 e. The highest BCUT2D eigenvalue weighted by atomic mass is 32.1. The van der Waals surface area contributed by atoms with Crippen molar-refractivity contribution in [1.82, 2.24) is 9.97 Å². The lowest BCUT2D eigenvalue weighted by atomic mass is 9.99. The summed E-state index contributed by atoms with van der Waals surface area (Å²) >= 11 is 1.87. The summed E-state index contributed by atoms with van der Waals surface area (Å²) in [6.07, 6.45) is 0. The summed E-state index contributed by atoms with van der Waals surface area (Å²) in [6.45, 7) is 0. The zero-order chi connectivity index (χ0) is 31.4. The number of nitrogens with one attached hydrogen (secondary N) is 2. The maximum atomic E-state index is 3.66. The number of fused-ring (bicyclic) bond motifs is 8. The minimum atomic E-state index is 1.17. The van der Waals surface area contributed by atoms with Crippen molar-refractivity contribution in [2.24, 2.45) is 0 Å². The molecule has 0 unspecified atom stereocenters. The van der Waals surface area contributed by atoms with Gasteiger partial charge in [-0.25, -0.2) is 0 Å². The van der Waals surface area contributed by atoms with E-state index < -0.39 is 0 Å². The average molecular weight is 621 g/mol. The topological polar surface area (TPSA) is 31.6 Å². The fraction of sp³-hybridized carbons (Fsp3) is 0. The first-order valence-electron chi connectivity index (χ1n) is 15.9. The van der Waals surface area contributed by atoms with Gasteiger partial charge in [-0.1, -0.05) is 140 Å². The SMILES string of the molecule is c1ccc(-c2ccc3[nH]c4ccc(-c5ccc6[nH]c7c8ccccc8sc7c6c5)cc4c3c2)cc1.c1ccccc1.c1ccccc1. The van der Waals surface area contributed by atoms with Gasteiger partial charge in [0.05, 0.1) is 10.2 Å². The molecule has 47 heavy (non-hydrogen) atoms. The maximum absolute atomic E-state index is 3.66. The van der Waals surface area contributed by atoms with Crippen molar-refractivity contribution in [3.8, 4) is 22.3 Å². The molecule has 3 heteroatoms. The van der Waals surface area contributed by atoms with Crippen LogP contribution in [0.25, 0.3) is 75.3 Å². The predicted molar refractivity (Wildman–Crippen MR) is 204 cm³/mol. The van der Waals surface area contributed by atoms with Gasteiger partial charge in [0.2, 0.25) is 0 Å². The monoisotopic (exact) mass is 620 g/mol. The summed E-state index contributed by atoms with van der Waals surface area (Å²) in [6, 6.07) is 63.5. The Morgan fingerprint density at radius 2 is 0.745 bits per heavy atom. The highest BCUT2D eigenvalue weighted by molar-refractivity contribution is 7.26. The number of thiophene rings is 1. The number of benzene rings is 7. The van der Waals surface area contributed by atoms with E-state index in [1.165, 1.54) is 75.3 Å². The summed E-state index contributed by atoms with van der Waals surface area (Å²) in [7, 11) is 0. The summed E-state index contributed by atoms with van der Waals surface area (Å²) in [5.41, 5.74) is 9.75. The summed E-state index contributed by atoms with van der Waals surface area (Å²) in [4.78, 5) is 7.25. The van der Waals surface area contributed by atoms with Gasteiger partial charge >= 0.3 is 0 Å². The van der Waals surface area contributed by atoms with Gasteiger partial charge in [-0.3, -0.25) is 0 Å². The molecule has 0 fully saturated rings. The van der Waals surface area contributed by atoms with Gasteiger partial charge in [-0.15, -0.1) is 11.3 Å². The van der Waals surface area contributed by atoms with Crippen molar-refractivity contribution < 1.29 is 0 Å². The van der Waals surface area contributed by atoms with E-state index in [-0.39, 0.29) is 0 Å². The van der Waals surface area contributed by atoms with Gasteiger partial charge in [0.25, 0.3) is 0 Å². The summed E-state index contributed by atoms with van der Waals surface area (Å²) in [5, 5.41) is 5.12. The average Bonchev–Trinajstić information content (AvgIpc) is 3.83. The van der Waals surface area contributed by atoms with Crippen LogP contribution in [0.5, 0.6) is 0 Å². The Hall–Kier alpha value is -5.90. The molecule has 10 rings (SSSR count). The summed E-state index contributed by atoms with van der Waals surface area (Å²) in [5.74, 6) is 0. The van der Waals surface area contributed by atoms with Crippen molar-refractivity contribution in [2.45, 2.75) is 0 Å². The Kier molecular flexibility index (Phi) is 7.80. The van der Waals surface area contributed by atoms with Gasteiger partial charge in [0, 0.05) is 42.8 Å². The third-order valence-electron chi connectivity index (χ3n) is 8.49. The highest BCUT2D eigenvalue weighted by Crippen LogP contribution is 2.40. The van der Waals surface area contributed by atoms with E-state index in [1.807, 2.05) is 84.1 Å². The number of rotatable bonds is 2. The fourth-order valence-electron chi connectivity index (χ4n) is 6.17. The third kappa shape index (κ3) is 5.81. The molecule has 0 aliphatic heterocycles. The zero-order valence-corrected chi connectivity index (χ0v) is 26.5. The number of hydrogen-bond donors (Lipinski definition) is 2. The van der Waals surface area contributed by atoms with E-state index >= 15 is 0 Å². The van der Waals surface area contributed by atoms with Crippen LogP contribution < -0.4 is 0 Å². The van der Waals surface area contributed by atoms with Crippen LogP contribution in [0, 0.1) is 0 Å². The smallest absolute Gasteiger partial charge is 0.0654 e. The Morgan fingerprint density at radius 1 is 0.319 bits per heavy atom. The minimum Gasteiger partial charge on any atom is -0.355 e. The molecule has 0 aliphatic rings. The molecule has 0 spiro atoms. The molecule has 224 valence electrons. The van der Waals surface area contributed by atoms with E-state index in [0.29, 0.717) is 0 Å². The molecule has 3 heterocycles. The fourth-order valence-corrected chi connectivity index (χ4v) is 7.36. The second-order valence-corrected chi connectivity index (χ2v) is 12.6. The Labute approximate surface area is 277 Å². The Morgan fingerprint density at radius 3 is 1.30 bits per heavy atom. The first-order chi connectivity index (χ1) is 23.3. The first-order valence-corrected chi connectivity index (χ1v) is 16.7. The quantitative estimate of drug-likeness (QED) is 0.193. The van der Waals surface area contributed by atoms with Crippen molar-refractivity contribution >= 4 is 64.3 Å². The second kappa shape index (κ2) is 12.8. The van der Waals surface area contributed by atoms with Crippen LogP contribution in [-0.4, -0.2) is 9.97 Å². The van der Waals surface area contributed by atoms with Gasteiger partial charge in [0.1, 0.15) is 0 Å². The molecule has 7 aromatic carbocycles. The molecule has 0 aliphatic carbocycles. The Balaban J connectivity index is 0.000000228. The Bertz CT molecular complexity index is 2470. The molecule has 0 radical (unpaired) electrons. The van der Waals surface area contributed by atoms with Crippen molar-refractivity contribution in [3.05, 3.63) is 182 Å². The predicted octanol–water partition coefficient (Wildman–Crippen LogP) is 12.9. The van der Waals surface area contributed by atoms with E-state index in [9.17, 15) is 0 Å². The van der Waals surface area contributed by atoms with Crippen LogP contribution in [0.2, 0.25) is 0 Å². The van der Waals surface area contributed by atoms with Gasteiger partial charge < -0.3 is 9.97 Å². The van der Waals surface area contributed by atoms with E-state index in [4.69, 9.17) is 0 Å². The van der Waals surface area contributed by atoms with Crippen molar-refractivity contribution in [3.63, 3.8) is 0 Å². The molecule has 3 aromatic heterocycles. The van der Waals surface area contributed by atoms with E-state index in [1.54, 1.807) is 0 Å². The van der Waals surface area contributed by atoms with Gasteiger partial charge in [0.15, 0.2) is 0 Å². The van der Waals surface area contributed by atoms with Crippen LogP contribution in [0.1, 0.15) is 0 Å². The lowest BCUT2D eigenvalue weighted by Gasteiger charge is -2.04. The molecule has 0 bridgehead atoms. The van der Waals surface area contributed by atoms with E-state index in [2.05, 4.69) is 119 Å². The molecule has 2 nitrogen and oxygen atoms in total. The maximum Gasteiger partial charge on any atom is 0.0654 e. The molecular weight excluding hydrogens is 589 g/mol. The number of hydrogen-bond acceptors (Lipinski definition) is 1. The number of aromatic amines is 2. The zero-order valence-electron chi connectivity index (χ0n) is 25.7. The first kappa shape index (κ1) is 28.6. The van der Waals surface area contributed by atoms with Crippen LogP contribution in [0.4, 0.5) is 0 Å². The lowest BCUT2D eigenvalue weighted by molar-refractivity contribution is 1.54. The van der Waals surface area contributed by atoms with E-state index in [0.717, 1.165) is 0 Å². The normalized spacial score (nSPS) is 11.0. The number of H-pyrrole nitrogens is 2. The molecule has 0 amide bonds. The van der Waals surface area contributed by atoms with Crippen molar-refractivity contribution in [1.29, 1.82) is 0 Å². The molecule has 0 saturated heterocycles. The van der Waals surface area contributed by atoms with Crippen LogP contribution in [-0.2, 0) is 0 Å². The van der Waals surface area contributed by atoms with Crippen LogP contribution in [0.15, 0.2) is 182 Å². The summed E-state index contributed by atoms with van der Waals surface area (Å²) < 4.78 is 2.67.